The lowest BCUT2D eigenvalue weighted by atomic mass is 10.1. The van der Waals surface area contributed by atoms with Crippen LogP contribution < -0.4 is 10.6 Å². The third kappa shape index (κ3) is 7.35. The van der Waals surface area contributed by atoms with Gasteiger partial charge in [-0.05, 0) is 54.7 Å². The molecule has 0 saturated heterocycles. The molecule has 0 unspecified atom stereocenters. The molecular formula is C24H31N3O3. The van der Waals surface area contributed by atoms with Gasteiger partial charge < -0.3 is 15.5 Å². The largest absolute Gasteiger partial charge is 0.345 e. The number of nitrogens with one attached hydrogen (secondary N) is 2. The van der Waals surface area contributed by atoms with Crippen molar-refractivity contribution in [3.05, 3.63) is 65.2 Å². The minimum Gasteiger partial charge on any atom is -0.345 e. The van der Waals surface area contributed by atoms with Crippen LogP contribution in [0.1, 0.15) is 42.3 Å². The van der Waals surface area contributed by atoms with Crippen molar-refractivity contribution in [3.63, 3.8) is 0 Å². The number of carbonyl (C=O) groups excluding carboxylic acids is 3. The SMILES string of the molecule is CCc1ccc(C(=O)N(CC(=O)NCC(=O)Nc2cccc(C)c2)CC(C)C)cc1. The van der Waals surface area contributed by atoms with Gasteiger partial charge in [0.2, 0.25) is 11.8 Å². The molecule has 0 heterocycles. The first-order valence-electron chi connectivity index (χ1n) is 10.3. The Hall–Kier alpha value is -3.15. The maximum atomic E-state index is 12.9. The smallest absolute Gasteiger partial charge is 0.254 e. The fourth-order valence-corrected chi connectivity index (χ4v) is 3.06. The quantitative estimate of drug-likeness (QED) is 0.666. The Bertz CT molecular complexity index is 876. The van der Waals surface area contributed by atoms with Crippen molar-refractivity contribution < 1.29 is 14.4 Å². The molecule has 0 fully saturated rings. The first-order chi connectivity index (χ1) is 14.3. The predicted octanol–water partition coefficient (Wildman–Crippen LogP) is 3.41. The number of benzene rings is 2. The Morgan fingerprint density at radius 2 is 1.70 bits per heavy atom. The molecule has 30 heavy (non-hydrogen) atoms. The highest BCUT2D eigenvalue weighted by Gasteiger charge is 2.20. The van der Waals surface area contributed by atoms with Crippen molar-refractivity contribution in [2.75, 3.05) is 25.0 Å². The number of amides is 3. The molecule has 0 saturated carbocycles. The third-order valence-corrected chi connectivity index (χ3v) is 4.56. The standard InChI is InChI=1S/C24H31N3O3/c1-5-19-9-11-20(12-10-19)24(30)27(15-17(2)3)16-23(29)25-14-22(28)26-21-8-6-7-18(4)13-21/h6-13,17H,5,14-16H2,1-4H3,(H,25,29)(H,26,28). The molecule has 0 aliphatic heterocycles. The van der Waals surface area contributed by atoms with Crippen molar-refractivity contribution >= 4 is 23.4 Å². The van der Waals surface area contributed by atoms with E-state index < -0.39 is 0 Å². The monoisotopic (exact) mass is 409 g/mol. The van der Waals surface area contributed by atoms with E-state index in [0.717, 1.165) is 17.5 Å². The number of carbonyl (C=O) groups is 3. The van der Waals surface area contributed by atoms with E-state index in [1.165, 1.54) is 4.90 Å². The lowest BCUT2D eigenvalue weighted by Gasteiger charge is -2.24. The second-order valence-electron chi connectivity index (χ2n) is 7.82. The van der Waals surface area contributed by atoms with E-state index in [1.54, 1.807) is 18.2 Å². The summed E-state index contributed by atoms with van der Waals surface area (Å²) >= 11 is 0. The highest BCUT2D eigenvalue weighted by molar-refractivity contribution is 5.98. The molecule has 0 aliphatic rings. The van der Waals surface area contributed by atoms with Crippen LogP contribution in [0.25, 0.3) is 0 Å². The molecule has 2 aromatic rings. The van der Waals surface area contributed by atoms with Gasteiger partial charge in [0.05, 0.1) is 13.1 Å². The molecule has 3 amide bonds. The Balaban J connectivity index is 1.93. The zero-order valence-electron chi connectivity index (χ0n) is 18.2. The molecule has 0 atom stereocenters. The van der Waals surface area contributed by atoms with Crippen molar-refractivity contribution in [3.8, 4) is 0 Å². The summed E-state index contributed by atoms with van der Waals surface area (Å²) in [5, 5.41) is 5.35. The van der Waals surface area contributed by atoms with Crippen LogP contribution in [0.2, 0.25) is 0 Å². The highest BCUT2D eigenvalue weighted by Crippen LogP contribution is 2.11. The molecule has 0 aromatic heterocycles. The van der Waals surface area contributed by atoms with E-state index in [-0.39, 0.29) is 36.7 Å². The van der Waals surface area contributed by atoms with Gasteiger partial charge in [-0.3, -0.25) is 14.4 Å². The predicted molar refractivity (Wildman–Crippen MR) is 119 cm³/mol. The molecule has 160 valence electrons. The topological polar surface area (TPSA) is 78.5 Å². The molecule has 2 N–H and O–H groups in total. The van der Waals surface area contributed by atoms with Crippen LogP contribution in [0.15, 0.2) is 48.5 Å². The maximum absolute atomic E-state index is 12.9. The van der Waals surface area contributed by atoms with Crippen molar-refractivity contribution in [1.29, 1.82) is 0 Å². The number of aryl methyl sites for hydroxylation is 2. The number of rotatable bonds is 9. The summed E-state index contributed by atoms with van der Waals surface area (Å²) in [6, 6.07) is 14.9. The van der Waals surface area contributed by atoms with E-state index in [0.29, 0.717) is 17.8 Å². The summed E-state index contributed by atoms with van der Waals surface area (Å²) in [5.41, 5.74) is 3.42. The van der Waals surface area contributed by atoms with Crippen LogP contribution in [0, 0.1) is 12.8 Å². The fraction of sp³-hybridized carbons (Fsp3) is 0.375. The molecule has 6 heteroatoms. The minimum atomic E-state index is -0.367. The molecule has 0 spiro atoms. The Labute approximate surface area is 178 Å². The van der Waals surface area contributed by atoms with Crippen LogP contribution in [-0.2, 0) is 16.0 Å². The average Bonchev–Trinajstić information content (AvgIpc) is 2.71. The van der Waals surface area contributed by atoms with E-state index >= 15 is 0 Å². The van der Waals surface area contributed by atoms with Crippen molar-refractivity contribution in [1.82, 2.24) is 10.2 Å². The van der Waals surface area contributed by atoms with Crippen LogP contribution in [0.5, 0.6) is 0 Å². The lowest BCUT2D eigenvalue weighted by Crippen LogP contribution is -2.44. The molecule has 0 radical (unpaired) electrons. The van der Waals surface area contributed by atoms with Crippen LogP contribution >= 0.6 is 0 Å². The van der Waals surface area contributed by atoms with Gasteiger partial charge in [-0.25, -0.2) is 0 Å². The zero-order valence-corrected chi connectivity index (χ0v) is 18.2. The normalized spacial score (nSPS) is 10.6. The summed E-state index contributed by atoms with van der Waals surface area (Å²) in [7, 11) is 0. The van der Waals surface area contributed by atoms with Gasteiger partial charge in [-0.15, -0.1) is 0 Å². The van der Waals surface area contributed by atoms with E-state index in [4.69, 9.17) is 0 Å². The maximum Gasteiger partial charge on any atom is 0.254 e. The molecular weight excluding hydrogens is 378 g/mol. The summed E-state index contributed by atoms with van der Waals surface area (Å²) in [5.74, 6) is -0.661. The third-order valence-electron chi connectivity index (χ3n) is 4.56. The zero-order chi connectivity index (χ0) is 22.1. The number of anilines is 1. The van der Waals surface area contributed by atoms with Gasteiger partial charge in [0, 0.05) is 17.8 Å². The van der Waals surface area contributed by atoms with Gasteiger partial charge in [0.25, 0.3) is 5.91 Å². The average molecular weight is 410 g/mol. The van der Waals surface area contributed by atoms with E-state index in [9.17, 15) is 14.4 Å². The molecule has 0 bridgehead atoms. The number of hydrogen-bond donors (Lipinski definition) is 2. The fourth-order valence-electron chi connectivity index (χ4n) is 3.06. The minimum absolute atomic E-state index is 0.0930. The van der Waals surface area contributed by atoms with E-state index in [2.05, 4.69) is 17.6 Å². The van der Waals surface area contributed by atoms with Gasteiger partial charge in [-0.1, -0.05) is 45.0 Å². The van der Waals surface area contributed by atoms with Gasteiger partial charge in [-0.2, -0.15) is 0 Å². The Morgan fingerprint density at radius 3 is 2.30 bits per heavy atom. The molecule has 0 aliphatic carbocycles. The van der Waals surface area contributed by atoms with Gasteiger partial charge >= 0.3 is 0 Å². The molecule has 6 nitrogen and oxygen atoms in total. The lowest BCUT2D eigenvalue weighted by molar-refractivity contribution is -0.124. The number of hydrogen-bond acceptors (Lipinski definition) is 3. The second-order valence-corrected chi connectivity index (χ2v) is 7.82. The summed E-state index contributed by atoms with van der Waals surface area (Å²) in [4.78, 5) is 38.9. The van der Waals surface area contributed by atoms with Crippen LogP contribution in [0.3, 0.4) is 0 Å². The first-order valence-corrected chi connectivity index (χ1v) is 10.3. The number of nitrogens with zero attached hydrogens (tertiary/aromatic N) is 1. The highest BCUT2D eigenvalue weighted by atomic mass is 16.2. The van der Waals surface area contributed by atoms with Gasteiger partial charge in [0.1, 0.15) is 0 Å². The summed E-state index contributed by atoms with van der Waals surface area (Å²) in [6.07, 6.45) is 0.900. The summed E-state index contributed by atoms with van der Waals surface area (Å²) < 4.78 is 0. The summed E-state index contributed by atoms with van der Waals surface area (Å²) in [6.45, 7) is 8.19. The Kier molecular flexibility index (Phi) is 8.59. The van der Waals surface area contributed by atoms with Crippen molar-refractivity contribution in [2.45, 2.75) is 34.1 Å². The first kappa shape index (κ1) is 23.1. The van der Waals surface area contributed by atoms with Gasteiger partial charge in [0.15, 0.2) is 0 Å². The van der Waals surface area contributed by atoms with E-state index in [1.807, 2.05) is 51.1 Å². The van der Waals surface area contributed by atoms with Crippen molar-refractivity contribution in [2.24, 2.45) is 5.92 Å². The Morgan fingerprint density at radius 1 is 1.00 bits per heavy atom. The van der Waals surface area contributed by atoms with Crippen LogP contribution in [0.4, 0.5) is 5.69 Å². The second kappa shape index (κ2) is 11.1. The molecule has 2 rings (SSSR count). The van der Waals surface area contributed by atoms with Crippen LogP contribution in [-0.4, -0.2) is 42.3 Å². The molecule has 2 aromatic carbocycles.